The maximum Gasteiger partial charge on any atom is 0.128 e. The van der Waals surface area contributed by atoms with E-state index in [-0.39, 0.29) is 0 Å². The third kappa shape index (κ3) is 1.97. The zero-order valence-corrected chi connectivity index (χ0v) is 10.6. The molecule has 2 aliphatic heterocycles. The van der Waals surface area contributed by atoms with Crippen LogP contribution in [0.2, 0.25) is 0 Å². The fourth-order valence-corrected chi connectivity index (χ4v) is 2.86. The highest BCUT2D eigenvalue weighted by Crippen LogP contribution is 2.23. The monoisotopic (exact) mass is 315 g/mol. The van der Waals surface area contributed by atoms with Gasteiger partial charge in [0.25, 0.3) is 0 Å². The molecule has 4 heteroatoms. The largest absolute Gasteiger partial charge is 0.353 e. The number of rotatable bonds is 1. The second-order valence-corrected chi connectivity index (χ2v) is 5.62. The molecular weight excluding hydrogens is 301 g/mol. The van der Waals surface area contributed by atoms with Gasteiger partial charge in [0, 0.05) is 34.9 Å². The lowest BCUT2D eigenvalue weighted by molar-refractivity contribution is 0.463. The van der Waals surface area contributed by atoms with E-state index < -0.39 is 0 Å². The van der Waals surface area contributed by atoms with E-state index in [0.717, 1.165) is 18.9 Å². The molecule has 0 amide bonds. The summed E-state index contributed by atoms with van der Waals surface area (Å²) < 4.78 is 1.20. The summed E-state index contributed by atoms with van der Waals surface area (Å²) in [5.74, 6) is 1.13. The van der Waals surface area contributed by atoms with Gasteiger partial charge in [-0.05, 0) is 47.6 Å². The number of nitrogens with one attached hydrogen (secondary N) is 1. The predicted molar refractivity (Wildman–Crippen MR) is 69.1 cm³/mol. The maximum atomic E-state index is 4.49. The number of hydrogen-bond acceptors (Lipinski definition) is 3. The Bertz CT molecular complexity index is 339. The van der Waals surface area contributed by atoms with Crippen LogP contribution in [0.3, 0.4) is 0 Å². The fraction of sp³-hybridized carbons (Fsp3) is 0.545. The molecule has 3 nitrogen and oxygen atoms in total. The van der Waals surface area contributed by atoms with Crippen molar-refractivity contribution < 1.29 is 0 Å². The standard InChI is InChI=1S/C11H14IN3/c12-8-1-4-11(13-5-8)15-6-9-2-3-10(7-15)14-9/h1,4-5,9-10,14H,2-3,6-7H2. The van der Waals surface area contributed by atoms with Crippen molar-refractivity contribution in [1.82, 2.24) is 10.3 Å². The number of nitrogens with zero attached hydrogens (tertiary/aromatic N) is 2. The third-order valence-electron chi connectivity index (χ3n) is 3.25. The molecule has 2 fully saturated rings. The molecule has 1 N–H and O–H groups in total. The topological polar surface area (TPSA) is 28.2 Å². The quantitative estimate of drug-likeness (QED) is 0.799. The van der Waals surface area contributed by atoms with Crippen LogP contribution in [-0.4, -0.2) is 30.2 Å². The zero-order chi connectivity index (χ0) is 10.3. The second kappa shape index (κ2) is 3.90. The Hall–Kier alpha value is -0.360. The Morgan fingerprint density at radius 1 is 1.27 bits per heavy atom. The van der Waals surface area contributed by atoms with Crippen molar-refractivity contribution in [2.75, 3.05) is 18.0 Å². The molecule has 2 saturated heterocycles. The Kier molecular flexibility index (Phi) is 2.56. The van der Waals surface area contributed by atoms with E-state index in [4.69, 9.17) is 0 Å². The zero-order valence-electron chi connectivity index (χ0n) is 8.49. The van der Waals surface area contributed by atoms with Crippen molar-refractivity contribution in [3.8, 4) is 0 Å². The van der Waals surface area contributed by atoms with Gasteiger partial charge in [0.1, 0.15) is 5.82 Å². The van der Waals surface area contributed by atoms with Crippen molar-refractivity contribution in [3.63, 3.8) is 0 Å². The average Bonchev–Trinajstić information content (AvgIpc) is 2.59. The smallest absolute Gasteiger partial charge is 0.128 e. The first kappa shape index (κ1) is 9.84. The average molecular weight is 315 g/mol. The lowest BCUT2D eigenvalue weighted by atomic mass is 10.2. The second-order valence-electron chi connectivity index (χ2n) is 4.38. The first-order valence-corrected chi connectivity index (χ1v) is 6.52. The van der Waals surface area contributed by atoms with Crippen LogP contribution >= 0.6 is 22.6 Å². The van der Waals surface area contributed by atoms with Crippen molar-refractivity contribution in [2.24, 2.45) is 0 Å². The number of anilines is 1. The SMILES string of the molecule is Ic1ccc(N2CC3CCC(C2)N3)nc1. The van der Waals surface area contributed by atoms with Crippen LogP contribution in [0.1, 0.15) is 12.8 Å². The maximum absolute atomic E-state index is 4.49. The van der Waals surface area contributed by atoms with Crippen LogP contribution in [0.5, 0.6) is 0 Å². The Labute approximate surface area is 103 Å². The highest BCUT2D eigenvalue weighted by atomic mass is 127. The number of pyridine rings is 1. The molecule has 0 radical (unpaired) electrons. The Morgan fingerprint density at radius 3 is 2.60 bits per heavy atom. The fourth-order valence-electron chi connectivity index (χ4n) is 2.54. The van der Waals surface area contributed by atoms with Gasteiger partial charge < -0.3 is 10.2 Å². The van der Waals surface area contributed by atoms with Gasteiger partial charge in [-0.3, -0.25) is 0 Å². The summed E-state index contributed by atoms with van der Waals surface area (Å²) in [6.45, 7) is 2.23. The van der Waals surface area contributed by atoms with Crippen LogP contribution in [0, 0.1) is 3.57 Å². The minimum absolute atomic E-state index is 0.685. The van der Waals surface area contributed by atoms with Crippen LogP contribution in [0.15, 0.2) is 18.3 Å². The van der Waals surface area contributed by atoms with Crippen molar-refractivity contribution in [2.45, 2.75) is 24.9 Å². The van der Waals surface area contributed by atoms with Gasteiger partial charge in [-0.15, -0.1) is 0 Å². The minimum Gasteiger partial charge on any atom is -0.353 e. The summed E-state index contributed by atoms with van der Waals surface area (Å²) in [5, 5.41) is 3.63. The van der Waals surface area contributed by atoms with Crippen molar-refractivity contribution in [3.05, 3.63) is 21.9 Å². The summed E-state index contributed by atoms with van der Waals surface area (Å²) in [4.78, 5) is 6.90. The lowest BCUT2D eigenvalue weighted by Crippen LogP contribution is -2.51. The molecule has 2 atom stereocenters. The van der Waals surface area contributed by atoms with Crippen LogP contribution < -0.4 is 10.2 Å². The summed E-state index contributed by atoms with van der Waals surface area (Å²) in [5.41, 5.74) is 0. The van der Waals surface area contributed by atoms with Crippen LogP contribution in [-0.2, 0) is 0 Å². The molecule has 1 aromatic heterocycles. The van der Waals surface area contributed by atoms with Crippen LogP contribution in [0.25, 0.3) is 0 Å². The lowest BCUT2D eigenvalue weighted by Gasteiger charge is -2.33. The van der Waals surface area contributed by atoms with Gasteiger partial charge in [0.2, 0.25) is 0 Å². The van der Waals surface area contributed by atoms with E-state index in [0.29, 0.717) is 12.1 Å². The molecule has 3 heterocycles. The molecule has 15 heavy (non-hydrogen) atoms. The molecule has 2 aliphatic rings. The normalized spacial score (nSPS) is 29.5. The molecule has 0 spiro atoms. The number of hydrogen-bond donors (Lipinski definition) is 1. The number of aromatic nitrogens is 1. The summed E-state index contributed by atoms with van der Waals surface area (Å²) in [6, 6.07) is 5.63. The van der Waals surface area contributed by atoms with Gasteiger partial charge in [-0.1, -0.05) is 0 Å². The highest BCUT2D eigenvalue weighted by molar-refractivity contribution is 14.1. The van der Waals surface area contributed by atoms with Gasteiger partial charge in [-0.2, -0.15) is 0 Å². The van der Waals surface area contributed by atoms with E-state index in [9.17, 15) is 0 Å². The first-order valence-electron chi connectivity index (χ1n) is 5.44. The third-order valence-corrected chi connectivity index (χ3v) is 3.89. The molecule has 0 saturated carbocycles. The van der Waals surface area contributed by atoms with Crippen LogP contribution in [0.4, 0.5) is 5.82 Å². The summed E-state index contributed by atoms with van der Waals surface area (Å²) in [6.07, 6.45) is 4.59. The molecule has 0 aromatic carbocycles. The molecule has 2 bridgehead atoms. The van der Waals surface area contributed by atoms with E-state index in [1.807, 2.05) is 6.20 Å². The predicted octanol–water partition coefficient (Wildman–Crippen LogP) is 1.63. The molecule has 80 valence electrons. The van der Waals surface area contributed by atoms with Gasteiger partial charge >= 0.3 is 0 Å². The summed E-state index contributed by atoms with van der Waals surface area (Å²) >= 11 is 2.29. The summed E-state index contributed by atoms with van der Waals surface area (Å²) in [7, 11) is 0. The number of piperazine rings is 1. The van der Waals surface area contributed by atoms with E-state index in [1.54, 1.807) is 0 Å². The number of fused-ring (bicyclic) bond motifs is 2. The Balaban J connectivity index is 1.80. The first-order chi connectivity index (χ1) is 7.31. The van der Waals surface area contributed by atoms with Crippen molar-refractivity contribution in [1.29, 1.82) is 0 Å². The van der Waals surface area contributed by atoms with E-state index in [2.05, 4.69) is 49.9 Å². The van der Waals surface area contributed by atoms with E-state index in [1.165, 1.54) is 16.4 Å². The molecule has 3 rings (SSSR count). The van der Waals surface area contributed by atoms with E-state index >= 15 is 0 Å². The Morgan fingerprint density at radius 2 is 2.00 bits per heavy atom. The number of halogens is 1. The van der Waals surface area contributed by atoms with Gasteiger partial charge in [0.15, 0.2) is 0 Å². The highest BCUT2D eigenvalue weighted by Gasteiger charge is 2.32. The molecule has 0 aliphatic carbocycles. The molecule has 2 unspecified atom stereocenters. The van der Waals surface area contributed by atoms with Gasteiger partial charge in [0.05, 0.1) is 0 Å². The molecular formula is C11H14IN3. The van der Waals surface area contributed by atoms with Gasteiger partial charge in [-0.25, -0.2) is 4.98 Å². The minimum atomic E-state index is 0.685. The van der Waals surface area contributed by atoms with Crippen molar-refractivity contribution >= 4 is 28.4 Å². The molecule has 1 aromatic rings.